The number of hydrogen-bond donors (Lipinski definition) is 2. The van der Waals surface area contributed by atoms with Crippen molar-refractivity contribution >= 4 is 69.9 Å². The lowest BCUT2D eigenvalue weighted by molar-refractivity contribution is -0.133. The fourth-order valence-electron chi connectivity index (χ4n) is 2.64. The number of hydrogen-bond acceptors (Lipinski definition) is 2. The van der Waals surface area contributed by atoms with E-state index in [1.165, 1.54) is 24.3 Å². The highest BCUT2D eigenvalue weighted by Gasteiger charge is 2.67. The molecule has 0 spiro atoms. The predicted octanol–water partition coefficient (Wildman–Crippen LogP) is 5.70. The zero-order valence-electron chi connectivity index (χ0n) is 14.0. The third-order valence-electron chi connectivity index (χ3n) is 4.01. The highest BCUT2D eigenvalue weighted by Crippen LogP contribution is 2.65. The smallest absolute Gasteiger partial charge is 0.334 e. The zero-order chi connectivity index (χ0) is 21.2. The van der Waals surface area contributed by atoms with Gasteiger partial charge in [0.2, 0.25) is 5.91 Å². The van der Waals surface area contributed by atoms with Crippen molar-refractivity contribution in [2.45, 2.75) is 10.3 Å². The van der Waals surface area contributed by atoms with Gasteiger partial charge in [0.1, 0.15) is 11.0 Å². The van der Waals surface area contributed by atoms with E-state index in [2.05, 4.69) is 11.9 Å². The number of aliphatic carboxylic acids is 1. The summed E-state index contributed by atoms with van der Waals surface area (Å²) < 4.78 is 11.4. The summed E-state index contributed by atoms with van der Waals surface area (Å²) >= 11 is 30.5. The highest BCUT2D eigenvalue weighted by atomic mass is 35.5. The lowest BCUT2D eigenvalue weighted by atomic mass is 10.1. The average molecular weight is 488 g/mol. The lowest BCUT2D eigenvalue weighted by Gasteiger charge is -2.07. The van der Waals surface area contributed by atoms with Crippen molar-refractivity contribution in [2.75, 3.05) is 6.67 Å². The Labute approximate surface area is 185 Å². The van der Waals surface area contributed by atoms with Crippen molar-refractivity contribution in [3.8, 4) is 0 Å². The van der Waals surface area contributed by atoms with Crippen molar-refractivity contribution in [3.63, 3.8) is 0 Å². The first-order chi connectivity index (χ1) is 13.0. The summed E-state index contributed by atoms with van der Waals surface area (Å²) in [5, 5.41) is 12.0. The molecule has 4 nitrogen and oxygen atoms in total. The van der Waals surface area contributed by atoms with Gasteiger partial charge in [-0.15, -0.1) is 23.2 Å². The second-order valence-corrected chi connectivity index (χ2v) is 8.52. The van der Waals surface area contributed by atoms with Gasteiger partial charge in [-0.3, -0.25) is 4.79 Å². The molecule has 2 atom stereocenters. The van der Waals surface area contributed by atoms with Crippen LogP contribution >= 0.6 is 58.0 Å². The minimum Gasteiger partial charge on any atom is -0.478 e. The first kappa shape index (κ1) is 23.0. The third kappa shape index (κ3) is 4.84. The molecule has 0 saturated heterocycles. The Hall–Kier alpha value is -1.24. The standard InChI is InChI=1S/C18H13Cl5FNO3/c1-2-3-10(4-9(7-24)17(27)28)25-16(26)14-13(18(14,22)23)8-5-11(19)15(21)12(20)6-8/h2-6,13-14H,1,7H2,(H,25,26)(H,27,28)/b9-4+,10-3+/t13-,14+/m0/s1. The van der Waals surface area contributed by atoms with E-state index in [-0.39, 0.29) is 20.8 Å². The number of rotatable bonds is 7. The largest absolute Gasteiger partial charge is 0.478 e. The van der Waals surface area contributed by atoms with Crippen LogP contribution in [-0.2, 0) is 9.59 Å². The number of carboxylic acids is 1. The summed E-state index contributed by atoms with van der Waals surface area (Å²) in [6.45, 7) is 2.25. The van der Waals surface area contributed by atoms with Gasteiger partial charge in [-0.1, -0.05) is 47.5 Å². The maximum absolute atomic E-state index is 12.8. The first-order valence-electron chi connectivity index (χ1n) is 7.70. The molecular weight excluding hydrogens is 474 g/mol. The molecular formula is C18H13Cl5FNO3. The average Bonchev–Trinajstić information content (AvgIpc) is 3.19. The van der Waals surface area contributed by atoms with Crippen LogP contribution < -0.4 is 5.32 Å². The first-order valence-corrected chi connectivity index (χ1v) is 9.59. The molecule has 150 valence electrons. The van der Waals surface area contributed by atoms with Crippen LogP contribution in [0.15, 0.2) is 48.2 Å². The summed E-state index contributed by atoms with van der Waals surface area (Å²) in [5.41, 5.74) is 0.00125. The van der Waals surface area contributed by atoms with Gasteiger partial charge in [0.15, 0.2) is 0 Å². The zero-order valence-corrected chi connectivity index (χ0v) is 17.8. The third-order valence-corrected chi connectivity index (χ3v) is 6.15. The molecule has 2 rings (SSSR count). The van der Waals surface area contributed by atoms with E-state index < -0.39 is 40.3 Å². The van der Waals surface area contributed by atoms with Gasteiger partial charge >= 0.3 is 5.97 Å². The molecule has 0 aliphatic heterocycles. The molecule has 0 aromatic heterocycles. The second kappa shape index (κ2) is 9.06. The van der Waals surface area contributed by atoms with E-state index in [9.17, 15) is 14.0 Å². The van der Waals surface area contributed by atoms with E-state index in [0.717, 1.165) is 6.08 Å². The topological polar surface area (TPSA) is 66.4 Å². The normalized spacial score (nSPS) is 21.2. The quantitative estimate of drug-likeness (QED) is 0.224. The Kier molecular flexibility index (Phi) is 7.45. The molecule has 1 amide bonds. The summed E-state index contributed by atoms with van der Waals surface area (Å²) in [4.78, 5) is 23.6. The summed E-state index contributed by atoms with van der Waals surface area (Å²) in [5.74, 6) is -3.56. The number of amides is 1. The number of carboxylic acid groups (broad SMARTS) is 1. The van der Waals surface area contributed by atoms with Crippen LogP contribution in [0.3, 0.4) is 0 Å². The van der Waals surface area contributed by atoms with E-state index in [1.54, 1.807) is 0 Å². The van der Waals surface area contributed by atoms with Gasteiger partial charge in [0.25, 0.3) is 0 Å². The molecule has 1 aliphatic carbocycles. The van der Waals surface area contributed by atoms with Crippen LogP contribution in [0.25, 0.3) is 0 Å². The van der Waals surface area contributed by atoms with Gasteiger partial charge in [-0.25, -0.2) is 9.18 Å². The molecule has 28 heavy (non-hydrogen) atoms. The van der Waals surface area contributed by atoms with Crippen LogP contribution in [0.5, 0.6) is 0 Å². The van der Waals surface area contributed by atoms with Crippen LogP contribution in [0, 0.1) is 5.92 Å². The fourth-order valence-corrected chi connectivity index (χ4v) is 4.08. The minimum absolute atomic E-state index is 0.0250. The Morgan fingerprint density at radius 3 is 2.29 bits per heavy atom. The number of alkyl halides is 3. The molecule has 1 aromatic rings. The maximum Gasteiger partial charge on any atom is 0.334 e. The number of carbonyl (C=O) groups is 2. The van der Waals surface area contributed by atoms with Crippen LogP contribution in [0.4, 0.5) is 4.39 Å². The number of carbonyl (C=O) groups excluding carboxylic acids is 1. The van der Waals surface area contributed by atoms with E-state index >= 15 is 0 Å². The Bertz CT molecular complexity index is 874. The van der Waals surface area contributed by atoms with Crippen molar-refractivity contribution in [1.29, 1.82) is 0 Å². The summed E-state index contributed by atoms with van der Waals surface area (Å²) in [6, 6.07) is 3.03. The van der Waals surface area contributed by atoms with Crippen molar-refractivity contribution in [3.05, 3.63) is 68.8 Å². The van der Waals surface area contributed by atoms with Crippen LogP contribution in [-0.4, -0.2) is 28.0 Å². The van der Waals surface area contributed by atoms with Crippen molar-refractivity contribution in [1.82, 2.24) is 5.32 Å². The molecule has 1 fully saturated rings. The molecule has 1 saturated carbocycles. The minimum atomic E-state index is -1.45. The van der Waals surface area contributed by atoms with E-state index in [0.29, 0.717) is 5.56 Å². The predicted molar refractivity (Wildman–Crippen MR) is 110 cm³/mol. The fraction of sp³-hybridized carbons (Fsp3) is 0.222. The van der Waals surface area contributed by atoms with Crippen molar-refractivity contribution in [2.24, 2.45) is 5.92 Å². The molecule has 1 aromatic carbocycles. The molecule has 0 heterocycles. The van der Waals surface area contributed by atoms with E-state index in [1.807, 2.05) is 0 Å². The number of halogens is 6. The Balaban J connectivity index is 2.27. The van der Waals surface area contributed by atoms with Crippen molar-refractivity contribution < 1.29 is 19.1 Å². The Morgan fingerprint density at radius 1 is 1.25 bits per heavy atom. The van der Waals surface area contributed by atoms with Gasteiger partial charge in [-0.05, 0) is 29.8 Å². The van der Waals surface area contributed by atoms with E-state index in [4.69, 9.17) is 63.1 Å². The molecule has 2 N–H and O–H groups in total. The lowest BCUT2D eigenvalue weighted by Crippen LogP contribution is -2.26. The summed E-state index contributed by atoms with van der Waals surface area (Å²) in [6.07, 6.45) is 3.61. The highest BCUT2D eigenvalue weighted by molar-refractivity contribution is 6.53. The van der Waals surface area contributed by atoms with Crippen LogP contribution in [0.2, 0.25) is 15.1 Å². The molecule has 0 bridgehead atoms. The van der Waals surface area contributed by atoms with Gasteiger partial charge < -0.3 is 10.4 Å². The SMILES string of the molecule is C=C/C=C(\C=C(/CF)C(=O)O)NC(=O)[C@H]1[C@H](c2cc(Cl)c(Cl)c(Cl)c2)C1(Cl)Cl. The summed E-state index contributed by atoms with van der Waals surface area (Å²) in [7, 11) is 0. The van der Waals surface area contributed by atoms with Gasteiger partial charge in [-0.2, -0.15) is 0 Å². The molecule has 0 unspecified atom stereocenters. The molecule has 10 heteroatoms. The maximum atomic E-state index is 12.8. The molecule has 1 aliphatic rings. The van der Waals surface area contributed by atoms with Crippen LogP contribution in [0.1, 0.15) is 11.5 Å². The van der Waals surface area contributed by atoms with Gasteiger partial charge in [0.05, 0.1) is 26.6 Å². The molecule has 0 radical (unpaired) electrons. The number of benzene rings is 1. The second-order valence-electron chi connectivity index (χ2n) is 5.88. The number of allylic oxidation sites excluding steroid dienone is 3. The number of nitrogens with one attached hydrogen (secondary N) is 1. The monoisotopic (exact) mass is 485 g/mol. The Morgan fingerprint density at radius 2 is 1.82 bits per heavy atom. The van der Waals surface area contributed by atoms with Gasteiger partial charge in [0, 0.05) is 11.6 Å².